The third-order valence-electron chi connectivity index (χ3n) is 5.82. The molecule has 0 amide bonds. The topological polar surface area (TPSA) is 69.4 Å². The van der Waals surface area contributed by atoms with Gasteiger partial charge in [0.05, 0.1) is 24.8 Å². The summed E-state index contributed by atoms with van der Waals surface area (Å²) in [7, 11) is 1.67. The standard InChI is InChI=1S/C25H21NO4S/c1-29-18-6-2-15(3-7-18)14-31-19-8-10-20-16(12-19)4-11-23-24(20)25(26-30-23)21-9-5-17(27)13-22(21)28/h2-4,6-8,10-12,21H,5,9,13-14H2,1H3. The second-order valence-electron chi connectivity index (χ2n) is 7.80. The van der Waals surface area contributed by atoms with Gasteiger partial charge in [-0.1, -0.05) is 29.4 Å². The molecule has 0 radical (unpaired) electrons. The number of ether oxygens (including phenoxy) is 1. The number of aromatic nitrogens is 1. The smallest absolute Gasteiger partial charge is 0.167 e. The Balaban J connectivity index is 1.45. The number of ketones is 2. The van der Waals surface area contributed by atoms with Crippen LogP contribution >= 0.6 is 11.8 Å². The van der Waals surface area contributed by atoms with Gasteiger partial charge in [0.15, 0.2) is 5.58 Å². The van der Waals surface area contributed by atoms with Gasteiger partial charge in [-0.25, -0.2) is 0 Å². The molecule has 1 saturated carbocycles. The Morgan fingerprint density at radius 3 is 2.71 bits per heavy atom. The van der Waals surface area contributed by atoms with Crippen molar-refractivity contribution >= 4 is 45.1 Å². The van der Waals surface area contributed by atoms with E-state index in [9.17, 15) is 9.59 Å². The maximum absolute atomic E-state index is 12.5. The lowest BCUT2D eigenvalue weighted by atomic mass is 9.83. The lowest BCUT2D eigenvalue weighted by Gasteiger charge is -2.18. The summed E-state index contributed by atoms with van der Waals surface area (Å²) in [6.45, 7) is 0. The van der Waals surface area contributed by atoms with E-state index in [1.165, 1.54) is 10.5 Å². The zero-order valence-corrected chi connectivity index (χ0v) is 17.9. The number of Topliss-reactive ketones (excluding diaryl/α,β-unsaturated/α-hetero) is 2. The third kappa shape index (κ3) is 3.83. The first-order valence-electron chi connectivity index (χ1n) is 10.2. The van der Waals surface area contributed by atoms with Crippen LogP contribution in [0.25, 0.3) is 21.7 Å². The fourth-order valence-corrected chi connectivity index (χ4v) is 5.05. The molecule has 1 aromatic heterocycles. The predicted octanol–water partition coefficient (Wildman–Crippen LogP) is 5.69. The molecule has 1 heterocycles. The van der Waals surface area contributed by atoms with Gasteiger partial charge in [0.1, 0.15) is 23.0 Å². The maximum Gasteiger partial charge on any atom is 0.167 e. The van der Waals surface area contributed by atoms with Crippen LogP contribution in [0, 0.1) is 0 Å². The normalized spacial score (nSPS) is 16.9. The second kappa shape index (κ2) is 8.19. The molecule has 0 saturated heterocycles. The number of carbonyl (C=O) groups excluding carboxylic acids is 2. The van der Waals surface area contributed by atoms with Crippen molar-refractivity contribution in [2.24, 2.45) is 0 Å². The van der Waals surface area contributed by atoms with E-state index >= 15 is 0 Å². The van der Waals surface area contributed by atoms with Crippen LogP contribution in [0.4, 0.5) is 0 Å². The molecule has 0 aliphatic heterocycles. The van der Waals surface area contributed by atoms with E-state index in [2.05, 4.69) is 35.5 Å². The van der Waals surface area contributed by atoms with Gasteiger partial charge in [-0.3, -0.25) is 9.59 Å². The third-order valence-corrected chi connectivity index (χ3v) is 6.88. The van der Waals surface area contributed by atoms with Gasteiger partial charge in [0, 0.05) is 17.1 Å². The fourth-order valence-electron chi connectivity index (χ4n) is 4.15. The molecule has 1 aliphatic rings. The van der Waals surface area contributed by atoms with E-state index in [1.54, 1.807) is 18.9 Å². The molecular formula is C25H21NO4S. The first-order chi connectivity index (χ1) is 15.1. The minimum atomic E-state index is -0.367. The number of thioether (sulfide) groups is 1. The molecule has 1 aliphatic carbocycles. The molecule has 5 rings (SSSR count). The van der Waals surface area contributed by atoms with Crippen LogP contribution in [0.3, 0.4) is 0 Å². The van der Waals surface area contributed by atoms with E-state index < -0.39 is 0 Å². The average molecular weight is 432 g/mol. The lowest BCUT2D eigenvalue weighted by Crippen LogP contribution is -2.23. The zero-order valence-electron chi connectivity index (χ0n) is 17.1. The average Bonchev–Trinajstić information content (AvgIpc) is 3.22. The number of carbonyl (C=O) groups is 2. The summed E-state index contributed by atoms with van der Waals surface area (Å²) in [6.07, 6.45) is 0.920. The summed E-state index contributed by atoms with van der Waals surface area (Å²) < 4.78 is 10.8. The summed E-state index contributed by atoms with van der Waals surface area (Å²) in [5.41, 5.74) is 2.57. The van der Waals surface area contributed by atoms with Crippen LogP contribution in [0.15, 0.2) is 64.0 Å². The SMILES string of the molecule is COc1ccc(CSc2ccc3c(ccc4onc(C5CCC(=O)CC5=O)c43)c2)cc1. The summed E-state index contributed by atoms with van der Waals surface area (Å²) in [5.74, 6) is 1.30. The predicted molar refractivity (Wildman–Crippen MR) is 121 cm³/mol. The number of benzene rings is 3. The van der Waals surface area contributed by atoms with Crippen LogP contribution in [0.2, 0.25) is 0 Å². The van der Waals surface area contributed by atoms with Crippen molar-refractivity contribution in [2.45, 2.75) is 35.8 Å². The summed E-state index contributed by atoms with van der Waals surface area (Å²) >= 11 is 1.77. The van der Waals surface area contributed by atoms with Crippen molar-refractivity contribution in [3.8, 4) is 5.75 Å². The Morgan fingerprint density at radius 1 is 1.10 bits per heavy atom. The Bertz CT molecular complexity index is 1290. The highest BCUT2D eigenvalue weighted by Gasteiger charge is 2.32. The zero-order chi connectivity index (χ0) is 21.4. The molecular weight excluding hydrogens is 410 g/mol. The van der Waals surface area contributed by atoms with Crippen molar-refractivity contribution in [2.75, 3.05) is 7.11 Å². The minimum absolute atomic E-state index is 0.00403. The molecule has 0 spiro atoms. The van der Waals surface area contributed by atoms with Crippen LogP contribution < -0.4 is 4.74 Å². The minimum Gasteiger partial charge on any atom is -0.497 e. The number of rotatable bonds is 5. The Labute approximate surface area is 183 Å². The van der Waals surface area contributed by atoms with Gasteiger partial charge in [0.2, 0.25) is 0 Å². The van der Waals surface area contributed by atoms with Crippen LogP contribution in [0.5, 0.6) is 5.75 Å². The fraction of sp³-hybridized carbons (Fsp3) is 0.240. The molecule has 5 nitrogen and oxygen atoms in total. The van der Waals surface area contributed by atoms with E-state index in [0.717, 1.165) is 27.7 Å². The Kier molecular flexibility index (Phi) is 5.24. The number of nitrogens with zero attached hydrogens (tertiary/aromatic N) is 1. The monoisotopic (exact) mass is 431 g/mol. The van der Waals surface area contributed by atoms with Gasteiger partial charge >= 0.3 is 0 Å². The molecule has 156 valence electrons. The van der Waals surface area contributed by atoms with Crippen molar-refractivity contribution in [1.29, 1.82) is 0 Å². The Morgan fingerprint density at radius 2 is 1.94 bits per heavy atom. The highest BCUT2D eigenvalue weighted by molar-refractivity contribution is 7.98. The highest BCUT2D eigenvalue weighted by atomic mass is 32.2. The van der Waals surface area contributed by atoms with E-state index in [4.69, 9.17) is 9.26 Å². The van der Waals surface area contributed by atoms with Gasteiger partial charge in [0.25, 0.3) is 0 Å². The van der Waals surface area contributed by atoms with Crippen molar-refractivity contribution < 1.29 is 18.8 Å². The first-order valence-corrected chi connectivity index (χ1v) is 11.2. The number of hydrogen-bond acceptors (Lipinski definition) is 6. The van der Waals surface area contributed by atoms with Crippen molar-refractivity contribution in [1.82, 2.24) is 5.16 Å². The summed E-state index contributed by atoms with van der Waals surface area (Å²) in [6, 6.07) is 18.4. The first kappa shape index (κ1) is 19.8. The molecule has 4 aromatic rings. The molecule has 0 N–H and O–H groups in total. The van der Waals surface area contributed by atoms with Gasteiger partial charge in [-0.05, 0) is 53.1 Å². The summed E-state index contributed by atoms with van der Waals surface area (Å²) in [4.78, 5) is 25.3. The quantitative estimate of drug-likeness (QED) is 0.299. The number of fused-ring (bicyclic) bond motifs is 3. The van der Waals surface area contributed by atoms with E-state index in [0.29, 0.717) is 24.1 Å². The summed E-state index contributed by atoms with van der Waals surface area (Å²) in [5, 5.41) is 7.22. The molecule has 1 unspecified atom stereocenters. The van der Waals surface area contributed by atoms with Gasteiger partial charge in [-0.15, -0.1) is 11.8 Å². The molecule has 6 heteroatoms. The van der Waals surface area contributed by atoms with Crippen LogP contribution in [-0.4, -0.2) is 23.8 Å². The Hall–Kier alpha value is -3.12. The molecule has 31 heavy (non-hydrogen) atoms. The molecule has 1 fully saturated rings. The largest absolute Gasteiger partial charge is 0.497 e. The highest BCUT2D eigenvalue weighted by Crippen LogP contribution is 2.37. The second-order valence-corrected chi connectivity index (χ2v) is 8.85. The molecule has 1 atom stereocenters. The van der Waals surface area contributed by atoms with Crippen molar-refractivity contribution in [3.05, 3.63) is 65.9 Å². The van der Waals surface area contributed by atoms with Gasteiger partial charge in [-0.2, -0.15) is 0 Å². The number of methoxy groups -OCH3 is 1. The van der Waals surface area contributed by atoms with Crippen molar-refractivity contribution in [3.63, 3.8) is 0 Å². The molecule has 3 aromatic carbocycles. The van der Waals surface area contributed by atoms with Crippen LogP contribution in [-0.2, 0) is 15.3 Å². The van der Waals surface area contributed by atoms with Crippen LogP contribution in [0.1, 0.15) is 36.4 Å². The van der Waals surface area contributed by atoms with Gasteiger partial charge < -0.3 is 9.26 Å². The lowest BCUT2D eigenvalue weighted by molar-refractivity contribution is -0.130. The number of hydrogen-bond donors (Lipinski definition) is 0. The van der Waals surface area contributed by atoms with E-state index in [-0.39, 0.29) is 23.9 Å². The van der Waals surface area contributed by atoms with E-state index in [1.807, 2.05) is 24.3 Å². The maximum atomic E-state index is 12.5. The molecule has 0 bridgehead atoms.